The summed E-state index contributed by atoms with van der Waals surface area (Å²) in [5.74, 6) is 1.91. The molecule has 0 spiro atoms. The maximum atomic E-state index is 6.09. The van der Waals surface area contributed by atoms with Gasteiger partial charge in [-0.2, -0.15) is 0 Å². The normalized spacial score (nSPS) is 45.0. The van der Waals surface area contributed by atoms with Gasteiger partial charge in [-0.25, -0.2) is 0 Å². The van der Waals surface area contributed by atoms with Crippen LogP contribution >= 0.6 is 0 Å². The van der Waals surface area contributed by atoms with E-state index in [1.54, 1.807) is 0 Å². The van der Waals surface area contributed by atoms with Crippen LogP contribution in [0, 0.1) is 11.8 Å². The number of hydrogen-bond donors (Lipinski definition) is 1. The standard InChI is InChI=1S/C10H19N/c11-10-7-3-5-8-4-1-2-6-9(8)10/h8-10H,1-7,11H2/t8?,9-,10?/m1/s1. The van der Waals surface area contributed by atoms with Gasteiger partial charge in [-0.15, -0.1) is 0 Å². The number of rotatable bonds is 0. The molecule has 3 atom stereocenters. The van der Waals surface area contributed by atoms with Crippen molar-refractivity contribution in [2.45, 2.75) is 51.0 Å². The Morgan fingerprint density at radius 2 is 1.55 bits per heavy atom. The molecule has 2 rings (SSSR count). The molecule has 2 aliphatic rings. The Bertz CT molecular complexity index is 131. The second kappa shape index (κ2) is 3.14. The van der Waals surface area contributed by atoms with E-state index in [0.29, 0.717) is 6.04 Å². The second-order valence-corrected chi connectivity index (χ2v) is 4.30. The highest BCUT2D eigenvalue weighted by atomic mass is 14.7. The van der Waals surface area contributed by atoms with Gasteiger partial charge in [0, 0.05) is 6.04 Å². The molecule has 0 heterocycles. The maximum Gasteiger partial charge on any atom is 0.00698 e. The van der Waals surface area contributed by atoms with Gasteiger partial charge in [-0.05, 0) is 24.7 Å². The Hall–Kier alpha value is -0.0400. The summed E-state index contributed by atoms with van der Waals surface area (Å²) in [5.41, 5.74) is 6.09. The highest BCUT2D eigenvalue weighted by Crippen LogP contribution is 2.39. The first-order valence-corrected chi connectivity index (χ1v) is 5.13. The van der Waals surface area contributed by atoms with E-state index >= 15 is 0 Å². The van der Waals surface area contributed by atoms with Crippen LogP contribution in [-0.4, -0.2) is 6.04 Å². The van der Waals surface area contributed by atoms with E-state index in [0.717, 1.165) is 11.8 Å². The van der Waals surface area contributed by atoms with E-state index < -0.39 is 0 Å². The predicted octanol–water partition coefficient (Wildman–Crippen LogP) is 2.30. The zero-order valence-electron chi connectivity index (χ0n) is 7.26. The molecule has 1 heteroatoms. The summed E-state index contributed by atoms with van der Waals surface area (Å²) in [7, 11) is 0. The molecule has 64 valence electrons. The van der Waals surface area contributed by atoms with Gasteiger partial charge in [-0.1, -0.05) is 32.1 Å². The van der Waals surface area contributed by atoms with Crippen LogP contribution in [0.25, 0.3) is 0 Å². The molecular weight excluding hydrogens is 134 g/mol. The molecule has 0 saturated heterocycles. The summed E-state index contributed by atoms with van der Waals surface area (Å²) >= 11 is 0. The zero-order valence-corrected chi connectivity index (χ0v) is 7.26. The van der Waals surface area contributed by atoms with Gasteiger partial charge < -0.3 is 5.73 Å². The first-order chi connectivity index (χ1) is 5.38. The van der Waals surface area contributed by atoms with Gasteiger partial charge in [0.1, 0.15) is 0 Å². The van der Waals surface area contributed by atoms with Crippen molar-refractivity contribution in [1.82, 2.24) is 0 Å². The van der Waals surface area contributed by atoms with E-state index in [-0.39, 0.29) is 0 Å². The van der Waals surface area contributed by atoms with E-state index in [9.17, 15) is 0 Å². The van der Waals surface area contributed by atoms with Crippen LogP contribution in [-0.2, 0) is 0 Å². The largest absolute Gasteiger partial charge is 0.327 e. The fourth-order valence-corrected chi connectivity index (χ4v) is 2.99. The van der Waals surface area contributed by atoms with Crippen LogP contribution in [0.1, 0.15) is 44.9 Å². The van der Waals surface area contributed by atoms with Gasteiger partial charge in [0.05, 0.1) is 0 Å². The Balaban J connectivity index is 1.99. The summed E-state index contributed by atoms with van der Waals surface area (Å²) in [4.78, 5) is 0. The van der Waals surface area contributed by atoms with E-state index in [1.165, 1.54) is 44.9 Å². The maximum absolute atomic E-state index is 6.09. The average molecular weight is 153 g/mol. The average Bonchev–Trinajstić information content (AvgIpc) is 2.06. The van der Waals surface area contributed by atoms with E-state index in [4.69, 9.17) is 5.73 Å². The molecule has 0 radical (unpaired) electrons. The van der Waals surface area contributed by atoms with Crippen molar-refractivity contribution in [1.29, 1.82) is 0 Å². The number of nitrogens with two attached hydrogens (primary N) is 1. The van der Waals surface area contributed by atoms with Gasteiger partial charge in [0.15, 0.2) is 0 Å². The number of fused-ring (bicyclic) bond motifs is 1. The van der Waals surface area contributed by atoms with Crippen molar-refractivity contribution in [3.63, 3.8) is 0 Å². The molecule has 2 fully saturated rings. The smallest absolute Gasteiger partial charge is 0.00698 e. The summed E-state index contributed by atoms with van der Waals surface area (Å²) in [6.45, 7) is 0. The van der Waals surface area contributed by atoms with Crippen molar-refractivity contribution in [3.05, 3.63) is 0 Å². The minimum Gasteiger partial charge on any atom is -0.327 e. The molecule has 0 aromatic heterocycles. The lowest BCUT2D eigenvalue weighted by atomic mass is 9.69. The molecule has 0 aromatic carbocycles. The van der Waals surface area contributed by atoms with Crippen LogP contribution in [0.15, 0.2) is 0 Å². The molecule has 2 N–H and O–H groups in total. The number of hydrogen-bond acceptors (Lipinski definition) is 1. The summed E-state index contributed by atoms with van der Waals surface area (Å²) in [6.07, 6.45) is 9.95. The quantitative estimate of drug-likeness (QED) is 0.568. The molecule has 0 aliphatic heterocycles. The van der Waals surface area contributed by atoms with Gasteiger partial charge in [0.25, 0.3) is 0 Å². The lowest BCUT2D eigenvalue weighted by molar-refractivity contribution is 0.146. The first kappa shape index (κ1) is 7.60. The molecule has 0 amide bonds. The monoisotopic (exact) mass is 153 g/mol. The SMILES string of the molecule is NC1CCCC2CCCC[C@@H]12. The van der Waals surface area contributed by atoms with Crippen LogP contribution in [0.4, 0.5) is 0 Å². The first-order valence-electron chi connectivity index (χ1n) is 5.13. The zero-order chi connectivity index (χ0) is 7.68. The van der Waals surface area contributed by atoms with Crippen molar-refractivity contribution >= 4 is 0 Å². The third-order valence-corrected chi connectivity index (χ3v) is 3.63. The fourth-order valence-electron chi connectivity index (χ4n) is 2.99. The Morgan fingerprint density at radius 3 is 2.36 bits per heavy atom. The van der Waals surface area contributed by atoms with Crippen LogP contribution in [0.2, 0.25) is 0 Å². The van der Waals surface area contributed by atoms with Crippen molar-refractivity contribution in [2.75, 3.05) is 0 Å². The van der Waals surface area contributed by atoms with Crippen LogP contribution < -0.4 is 5.73 Å². The molecule has 2 aliphatic carbocycles. The molecule has 0 bridgehead atoms. The third-order valence-electron chi connectivity index (χ3n) is 3.63. The van der Waals surface area contributed by atoms with Crippen LogP contribution in [0.3, 0.4) is 0 Å². The summed E-state index contributed by atoms with van der Waals surface area (Å²) in [6, 6.07) is 0.550. The third kappa shape index (κ3) is 1.44. The van der Waals surface area contributed by atoms with Crippen molar-refractivity contribution in [3.8, 4) is 0 Å². The lowest BCUT2D eigenvalue weighted by Gasteiger charge is -2.39. The van der Waals surface area contributed by atoms with Crippen molar-refractivity contribution in [2.24, 2.45) is 17.6 Å². The highest BCUT2D eigenvalue weighted by Gasteiger charge is 2.32. The van der Waals surface area contributed by atoms with Gasteiger partial charge in [-0.3, -0.25) is 0 Å². The molecule has 2 saturated carbocycles. The molecular formula is C10H19N. The Kier molecular flexibility index (Phi) is 2.17. The lowest BCUT2D eigenvalue weighted by Crippen LogP contribution is -2.40. The minimum absolute atomic E-state index is 0.550. The molecule has 1 nitrogen and oxygen atoms in total. The fraction of sp³-hybridized carbons (Fsp3) is 1.00. The predicted molar refractivity (Wildman–Crippen MR) is 47.3 cm³/mol. The highest BCUT2D eigenvalue weighted by molar-refractivity contribution is 4.86. The molecule has 11 heavy (non-hydrogen) atoms. The minimum atomic E-state index is 0.550. The van der Waals surface area contributed by atoms with Gasteiger partial charge in [0.2, 0.25) is 0 Å². The van der Waals surface area contributed by atoms with E-state index in [1.807, 2.05) is 0 Å². The molecule has 2 unspecified atom stereocenters. The Labute approximate surface area is 69.4 Å². The van der Waals surface area contributed by atoms with Gasteiger partial charge >= 0.3 is 0 Å². The molecule has 0 aromatic rings. The summed E-state index contributed by atoms with van der Waals surface area (Å²) in [5, 5.41) is 0. The van der Waals surface area contributed by atoms with E-state index in [2.05, 4.69) is 0 Å². The summed E-state index contributed by atoms with van der Waals surface area (Å²) < 4.78 is 0. The topological polar surface area (TPSA) is 26.0 Å². The van der Waals surface area contributed by atoms with Crippen molar-refractivity contribution < 1.29 is 0 Å². The Morgan fingerprint density at radius 1 is 0.818 bits per heavy atom. The second-order valence-electron chi connectivity index (χ2n) is 4.30. The van der Waals surface area contributed by atoms with Crippen LogP contribution in [0.5, 0.6) is 0 Å².